The molecule has 29 heavy (non-hydrogen) atoms. The van der Waals surface area contributed by atoms with Crippen LogP contribution in [0.15, 0.2) is 47.3 Å². The quantitative estimate of drug-likeness (QED) is 0.451. The molecule has 3 aromatic rings. The molecular weight excluding hydrogens is 388 g/mol. The van der Waals surface area contributed by atoms with Crippen LogP contribution in [0.25, 0.3) is 11.0 Å². The molecular formula is C22H29ClN4O2. The third-order valence-corrected chi connectivity index (χ3v) is 5.00. The lowest BCUT2D eigenvalue weighted by Gasteiger charge is -2.14. The average Bonchev–Trinajstić information content (AvgIpc) is 3.05. The van der Waals surface area contributed by atoms with Crippen molar-refractivity contribution in [1.82, 2.24) is 15.3 Å². The van der Waals surface area contributed by atoms with E-state index in [4.69, 9.17) is 5.73 Å². The highest BCUT2D eigenvalue weighted by atomic mass is 35.5. The number of hydrogen-bond acceptors (Lipinski definition) is 3. The Bertz CT molecular complexity index is 992. The first-order valence-corrected chi connectivity index (χ1v) is 9.75. The van der Waals surface area contributed by atoms with Gasteiger partial charge in [-0.05, 0) is 47.6 Å². The minimum Gasteiger partial charge on any atom is -0.354 e. The van der Waals surface area contributed by atoms with Crippen LogP contribution in [0.2, 0.25) is 0 Å². The largest absolute Gasteiger partial charge is 0.354 e. The summed E-state index contributed by atoms with van der Waals surface area (Å²) in [5, 5.41) is 2.92. The fourth-order valence-corrected chi connectivity index (χ4v) is 3.25. The fourth-order valence-electron chi connectivity index (χ4n) is 3.25. The van der Waals surface area contributed by atoms with Crippen molar-refractivity contribution >= 4 is 29.3 Å². The van der Waals surface area contributed by atoms with Gasteiger partial charge in [0.15, 0.2) is 0 Å². The molecule has 1 unspecified atom stereocenters. The third kappa shape index (κ3) is 6.21. The molecule has 1 amide bonds. The van der Waals surface area contributed by atoms with E-state index in [1.165, 1.54) is 5.56 Å². The van der Waals surface area contributed by atoms with Gasteiger partial charge in [-0.2, -0.15) is 0 Å². The normalized spacial score (nSPS) is 12.0. The molecule has 0 saturated carbocycles. The van der Waals surface area contributed by atoms with Crippen molar-refractivity contribution in [3.63, 3.8) is 0 Å². The number of benzene rings is 2. The van der Waals surface area contributed by atoms with Gasteiger partial charge in [0.2, 0.25) is 5.91 Å². The summed E-state index contributed by atoms with van der Waals surface area (Å²) < 4.78 is 0. The number of aromatic nitrogens is 2. The molecule has 0 saturated heterocycles. The van der Waals surface area contributed by atoms with E-state index in [1.807, 2.05) is 30.3 Å². The Labute approximate surface area is 176 Å². The van der Waals surface area contributed by atoms with Crippen LogP contribution < -0.4 is 16.7 Å². The molecule has 0 fully saturated rings. The van der Waals surface area contributed by atoms with Crippen LogP contribution in [0.1, 0.15) is 55.3 Å². The summed E-state index contributed by atoms with van der Waals surface area (Å²) in [4.78, 5) is 28.9. The maximum Gasteiger partial charge on any atom is 0.323 e. The number of aryl methyl sites for hydroxylation is 1. The predicted molar refractivity (Wildman–Crippen MR) is 120 cm³/mol. The number of rotatable bonds is 8. The van der Waals surface area contributed by atoms with E-state index < -0.39 is 0 Å². The number of amides is 1. The Kier molecular flexibility index (Phi) is 8.05. The van der Waals surface area contributed by atoms with Crippen molar-refractivity contribution in [2.75, 3.05) is 6.54 Å². The van der Waals surface area contributed by atoms with E-state index in [0.717, 1.165) is 35.0 Å². The number of aromatic amines is 2. The zero-order chi connectivity index (χ0) is 20.1. The SMILES string of the molecule is CC(C)c1ccc(C(N)CNC(=O)CCCc2ccc3[nH]c(=O)[nH]c3c2)cc1.Cl. The zero-order valence-electron chi connectivity index (χ0n) is 16.8. The van der Waals surface area contributed by atoms with E-state index >= 15 is 0 Å². The smallest absolute Gasteiger partial charge is 0.323 e. The second kappa shape index (κ2) is 10.3. The van der Waals surface area contributed by atoms with Gasteiger partial charge >= 0.3 is 5.69 Å². The van der Waals surface area contributed by atoms with E-state index in [9.17, 15) is 9.59 Å². The van der Waals surface area contributed by atoms with Crippen LogP contribution in [0.5, 0.6) is 0 Å². The van der Waals surface area contributed by atoms with Gasteiger partial charge in [-0.3, -0.25) is 4.79 Å². The summed E-state index contributed by atoms with van der Waals surface area (Å²) >= 11 is 0. The van der Waals surface area contributed by atoms with Crippen molar-refractivity contribution in [3.8, 4) is 0 Å². The molecule has 0 aliphatic heterocycles. The summed E-state index contributed by atoms with van der Waals surface area (Å²) in [5.41, 5.74) is 11.0. The first-order chi connectivity index (χ1) is 13.4. The number of carbonyl (C=O) groups excluding carboxylic acids is 1. The number of nitrogens with two attached hydrogens (primary N) is 1. The number of halogens is 1. The summed E-state index contributed by atoms with van der Waals surface area (Å²) in [6.45, 7) is 4.74. The van der Waals surface area contributed by atoms with Gasteiger partial charge < -0.3 is 21.0 Å². The van der Waals surface area contributed by atoms with Crippen LogP contribution >= 0.6 is 12.4 Å². The monoisotopic (exact) mass is 416 g/mol. The molecule has 1 heterocycles. The highest BCUT2D eigenvalue weighted by Gasteiger charge is 2.09. The van der Waals surface area contributed by atoms with Gasteiger partial charge in [-0.15, -0.1) is 12.4 Å². The lowest BCUT2D eigenvalue weighted by atomic mass is 9.99. The minimum absolute atomic E-state index is 0. The van der Waals surface area contributed by atoms with Gasteiger partial charge in [0.1, 0.15) is 0 Å². The Balaban J connectivity index is 0.00000300. The highest BCUT2D eigenvalue weighted by molar-refractivity contribution is 5.85. The van der Waals surface area contributed by atoms with Gasteiger partial charge in [0.05, 0.1) is 11.0 Å². The number of carbonyl (C=O) groups is 1. The second-order valence-electron chi connectivity index (χ2n) is 7.54. The molecule has 1 atom stereocenters. The first kappa shape index (κ1) is 22.7. The van der Waals surface area contributed by atoms with Crippen LogP contribution in [0.4, 0.5) is 0 Å². The lowest BCUT2D eigenvalue weighted by molar-refractivity contribution is -0.121. The summed E-state index contributed by atoms with van der Waals surface area (Å²) in [5.74, 6) is 0.494. The Morgan fingerprint density at radius 2 is 1.69 bits per heavy atom. The van der Waals surface area contributed by atoms with E-state index in [2.05, 4.69) is 41.3 Å². The lowest BCUT2D eigenvalue weighted by Crippen LogP contribution is -2.31. The van der Waals surface area contributed by atoms with Gasteiger partial charge in [0.25, 0.3) is 0 Å². The molecule has 7 heteroatoms. The van der Waals surface area contributed by atoms with Crippen molar-refractivity contribution in [2.24, 2.45) is 5.73 Å². The average molecular weight is 417 g/mol. The van der Waals surface area contributed by atoms with E-state index in [0.29, 0.717) is 18.9 Å². The number of H-pyrrole nitrogens is 2. The maximum atomic E-state index is 12.1. The van der Waals surface area contributed by atoms with Gasteiger partial charge in [-0.25, -0.2) is 4.79 Å². The highest BCUT2D eigenvalue weighted by Crippen LogP contribution is 2.17. The molecule has 3 rings (SSSR count). The van der Waals surface area contributed by atoms with E-state index in [-0.39, 0.29) is 30.0 Å². The fraction of sp³-hybridized carbons (Fsp3) is 0.364. The predicted octanol–water partition coefficient (Wildman–Crippen LogP) is 3.54. The Hall–Kier alpha value is -2.57. The van der Waals surface area contributed by atoms with Gasteiger partial charge in [0, 0.05) is 19.0 Å². The zero-order valence-corrected chi connectivity index (χ0v) is 17.6. The topological polar surface area (TPSA) is 104 Å². The molecule has 5 N–H and O–H groups in total. The summed E-state index contributed by atoms with van der Waals surface area (Å²) in [6, 6.07) is 13.8. The number of fused-ring (bicyclic) bond motifs is 1. The van der Waals surface area contributed by atoms with Crippen molar-refractivity contribution in [1.29, 1.82) is 0 Å². The standard InChI is InChI=1S/C22H28N4O2.ClH/c1-14(2)16-7-9-17(10-8-16)18(23)13-24-21(27)5-3-4-15-6-11-19-20(12-15)26-22(28)25-19;/h6-12,14,18H,3-5,13,23H2,1-2H3,(H,24,27)(H2,25,26,28);1H. The summed E-state index contributed by atoms with van der Waals surface area (Å²) in [7, 11) is 0. The van der Waals surface area contributed by atoms with Crippen molar-refractivity contribution in [2.45, 2.75) is 45.1 Å². The third-order valence-electron chi connectivity index (χ3n) is 5.00. The number of hydrogen-bond donors (Lipinski definition) is 4. The van der Waals surface area contributed by atoms with Crippen LogP contribution in [0.3, 0.4) is 0 Å². The number of imidazole rings is 1. The number of nitrogens with one attached hydrogen (secondary N) is 3. The second-order valence-corrected chi connectivity index (χ2v) is 7.54. The van der Waals surface area contributed by atoms with Crippen LogP contribution in [0, 0.1) is 0 Å². The van der Waals surface area contributed by atoms with E-state index in [1.54, 1.807) is 0 Å². The summed E-state index contributed by atoms with van der Waals surface area (Å²) in [6.07, 6.45) is 1.96. The molecule has 0 bridgehead atoms. The maximum absolute atomic E-state index is 12.1. The van der Waals surface area contributed by atoms with Crippen molar-refractivity contribution < 1.29 is 4.79 Å². The van der Waals surface area contributed by atoms with Crippen LogP contribution in [-0.2, 0) is 11.2 Å². The molecule has 1 aromatic heterocycles. The molecule has 0 spiro atoms. The molecule has 0 aliphatic carbocycles. The molecule has 0 radical (unpaired) electrons. The Morgan fingerprint density at radius 3 is 2.38 bits per heavy atom. The molecule has 0 aliphatic rings. The molecule has 2 aromatic carbocycles. The molecule has 6 nitrogen and oxygen atoms in total. The molecule has 156 valence electrons. The first-order valence-electron chi connectivity index (χ1n) is 9.75. The van der Waals surface area contributed by atoms with Crippen LogP contribution in [-0.4, -0.2) is 22.4 Å². The minimum atomic E-state index is -0.210. The van der Waals surface area contributed by atoms with Crippen molar-refractivity contribution in [3.05, 3.63) is 69.6 Å². The Morgan fingerprint density at radius 1 is 1.03 bits per heavy atom. The van der Waals surface area contributed by atoms with Gasteiger partial charge in [-0.1, -0.05) is 44.2 Å².